The molecule has 21 heavy (non-hydrogen) atoms. The van der Waals surface area contributed by atoms with Crippen molar-refractivity contribution in [3.05, 3.63) is 28.9 Å². The Balaban J connectivity index is 2.07. The Bertz CT molecular complexity index is 807. The van der Waals surface area contributed by atoms with E-state index >= 15 is 0 Å². The third kappa shape index (κ3) is 2.72. The molecule has 1 aliphatic rings. The Morgan fingerprint density at radius 3 is 2.86 bits per heavy atom. The molecule has 1 saturated heterocycles. The van der Waals surface area contributed by atoms with E-state index < -0.39 is 9.84 Å². The van der Waals surface area contributed by atoms with Crippen LogP contribution in [0.5, 0.6) is 0 Å². The van der Waals surface area contributed by atoms with Crippen LogP contribution in [0.2, 0.25) is 0 Å². The maximum absolute atomic E-state index is 11.7. The Morgan fingerprint density at radius 1 is 1.43 bits per heavy atom. The molecule has 1 aromatic heterocycles. The number of hydrogen-bond donors (Lipinski definition) is 1. The Hall–Kier alpha value is -1.34. The monoisotopic (exact) mass is 369 g/mol. The van der Waals surface area contributed by atoms with Gasteiger partial charge in [0.25, 0.3) is 0 Å². The molecule has 2 heterocycles. The molecule has 0 amide bonds. The van der Waals surface area contributed by atoms with Crippen LogP contribution in [0.25, 0.3) is 10.9 Å². The number of nitrogen functional groups attached to an aromatic ring is 1. The lowest BCUT2D eigenvalue weighted by Crippen LogP contribution is -2.32. The second kappa shape index (κ2) is 5.14. The summed E-state index contributed by atoms with van der Waals surface area (Å²) in [5.74, 6) is 0.458. The number of hydrogen-bond acceptors (Lipinski definition) is 5. The van der Waals surface area contributed by atoms with Gasteiger partial charge in [-0.15, -0.1) is 0 Å². The third-order valence-electron chi connectivity index (χ3n) is 3.96. The minimum absolute atomic E-state index is 0.00716. The van der Waals surface area contributed by atoms with E-state index in [2.05, 4.69) is 20.9 Å². The quantitative estimate of drug-likeness (QED) is 0.821. The zero-order valence-corrected chi connectivity index (χ0v) is 14.0. The van der Waals surface area contributed by atoms with Gasteiger partial charge >= 0.3 is 0 Å². The number of benzene rings is 1. The maximum atomic E-state index is 11.7. The number of fused-ring (bicyclic) bond motifs is 1. The van der Waals surface area contributed by atoms with Gasteiger partial charge in [0.1, 0.15) is 0 Å². The molecule has 3 rings (SSSR count). The summed E-state index contributed by atoms with van der Waals surface area (Å²) in [5.41, 5.74) is 8.38. The molecule has 2 N–H and O–H groups in total. The molecule has 1 atom stereocenters. The van der Waals surface area contributed by atoms with Crippen molar-refractivity contribution in [1.82, 2.24) is 4.98 Å². The lowest BCUT2D eigenvalue weighted by atomic mass is 10.1. The van der Waals surface area contributed by atoms with Crippen molar-refractivity contribution < 1.29 is 8.42 Å². The van der Waals surface area contributed by atoms with Crippen LogP contribution in [0.4, 0.5) is 11.4 Å². The molecule has 7 heteroatoms. The smallest absolute Gasteiger partial charge is 0.152 e. The van der Waals surface area contributed by atoms with Crippen LogP contribution in [-0.4, -0.2) is 38.0 Å². The molecule has 1 aromatic carbocycles. The second-order valence-corrected chi connectivity index (χ2v) is 8.54. The summed E-state index contributed by atoms with van der Waals surface area (Å²) in [6, 6.07) is 5.67. The maximum Gasteiger partial charge on any atom is 0.152 e. The fourth-order valence-electron chi connectivity index (χ4n) is 2.76. The number of nitrogens with zero attached hydrogens (tertiary/aromatic N) is 2. The molecule has 0 aliphatic carbocycles. The topological polar surface area (TPSA) is 76.3 Å². The summed E-state index contributed by atoms with van der Waals surface area (Å²) in [6.45, 7) is 0. The van der Waals surface area contributed by atoms with Crippen LogP contribution in [0, 0.1) is 0 Å². The van der Waals surface area contributed by atoms with Gasteiger partial charge in [-0.1, -0.05) is 0 Å². The van der Waals surface area contributed by atoms with Gasteiger partial charge in [0.15, 0.2) is 9.84 Å². The van der Waals surface area contributed by atoms with E-state index in [1.807, 2.05) is 30.1 Å². The number of sulfone groups is 1. The summed E-state index contributed by atoms with van der Waals surface area (Å²) >= 11 is 3.40. The van der Waals surface area contributed by atoms with Crippen molar-refractivity contribution in [3.63, 3.8) is 0 Å². The molecule has 112 valence electrons. The molecule has 1 aliphatic heterocycles. The minimum atomic E-state index is -2.91. The van der Waals surface area contributed by atoms with Crippen molar-refractivity contribution in [3.8, 4) is 0 Å². The molecule has 0 radical (unpaired) electrons. The van der Waals surface area contributed by atoms with Crippen LogP contribution in [-0.2, 0) is 9.84 Å². The number of aromatic nitrogens is 1. The molecule has 1 unspecified atom stereocenters. The zero-order chi connectivity index (χ0) is 15.2. The van der Waals surface area contributed by atoms with Gasteiger partial charge < -0.3 is 10.6 Å². The first kappa shape index (κ1) is 14.6. The Morgan fingerprint density at radius 2 is 2.19 bits per heavy atom. The number of halogens is 1. The molecule has 0 saturated carbocycles. The standard InChI is InChI=1S/C14H16BrN3O2S/c1-18(10-4-5-21(19,20)8-10)13-3-2-12(16)11-6-9(15)7-17-14(11)13/h2-3,6-7,10H,4-5,8,16H2,1H3. The van der Waals surface area contributed by atoms with E-state index in [1.54, 1.807) is 6.20 Å². The highest BCUT2D eigenvalue weighted by molar-refractivity contribution is 9.10. The normalized spacial score (nSPS) is 20.8. The molecular weight excluding hydrogens is 354 g/mol. The third-order valence-corrected chi connectivity index (χ3v) is 6.15. The lowest BCUT2D eigenvalue weighted by Gasteiger charge is -2.26. The Kier molecular flexibility index (Phi) is 3.57. The van der Waals surface area contributed by atoms with Crippen LogP contribution in [0.15, 0.2) is 28.9 Å². The first-order valence-electron chi connectivity index (χ1n) is 6.64. The molecule has 5 nitrogen and oxygen atoms in total. The van der Waals surface area contributed by atoms with Gasteiger partial charge in [0.2, 0.25) is 0 Å². The van der Waals surface area contributed by atoms with Gasteiger partial charge in [-0.3, -0.25) is 4.98 Å². The first-order valence-corrected chi connectivity index (χ1v) is 9.26. The SMILES string of the molecule is CN(c1ccc(N)c2cc(Br)cnc12)C1CCS(=O)(=O)C1. The van der Waals surface area contributed by atoms with Crippen molar-refractivity contribution in [2.75, 3.05) is 29.2 Å². The largest absolute Gasteiger partial charge is 0.398 e. The van der Waals surface area contributed by atoms with Crippen molar-refractivity contribution in [1.29, 1.82) is 0 Å². The first-order chi connectivity index (χ1) is 9.87. The van der Waals surface area contributed by atoms with Crippen molar-refractivity contribution in [2.45, 2.75) is 12.5 Å². The number of rotatable bonds is 2. The molecule has 0 spiro atoms. The van der Waals surface area contributed by atoms with E-state index in [1.165, 1.54) is 0 Å². The lowest BCUT2D eigenvalue weighted by molar-refractivity contribution is 0.601. The van der Waals surface area contributed by atoms with Crippen LogP contribution < -0.4 is 10.6 Å². The van der Waals surface area contributed by atoms with Gasteiger partial charge in [-0.25, -0.2) is 8.42 Å². The van der Waals surface area contributed by atoms with Crippen LogP contribution in [0.3, 0.4) is 0 Å². The van der Waals surface area contributed by atoms with Gasteiger partial charge in [0.05, 0.1) is 22.7 Å². The summed E-state index contributed by atoms with van der Waals surface area (Å²) in [7, 11) is -0.994. The van der Waals surface area contributed by atoms with Gasteiger partial charge in [0, 0.05) is 34.8 Å². The van der Waals surface area contributed by atoms with Crippen molar-refractivity contribution in [2.24, 2.45) is 0 Å². The van der Waals surface area contributed by atoms with Gasteiger partial charge in [-0.05, 0) is 40.5 Å². The van der Waals surface area contributed by atoms with Gasteiger partial charge in [-0.2, -0.15) is 0 Å². The molecule has 0 bridgehead atoms. The van der Waals surface area contributed by atoms with Crippen molar-refractivity contribution >= 4 is 48.0 Å². The van der Waals surface area contributed by atoms with Crippen LogP contribution >= 0.6 is 15.9 Å². The average Bonchev–Trinajstić information content (AvgIpc) is 2.79. The fraction of sp³-hybridized carbons (Fsp3) is 0.357. The fourth-order valence-corrected chi connectivity index (χ4v) is 4.87. The number of anilines is 2. The summed E-state index contributed by atoms with van der Waals surface area (Å²) < 4.78 is 24.2. The van der Waals surface area contributed by atoms with Crippen LogP contribution in [0.1, 0.15) is 6.42 Å². The predicted octanol–water partition coefficient (Wildman–Crippen LogP) is 2.20. The van der Waals surface area contributed by atoms with E-state index in [-0.39, 0.29) is 17.5 Å². The summed E-state index contributed by atoms with van der Waals surface area (Å²) in [4.78, 5) is 6.46. The predicted molar refractivity (Wildman–Crippen MR) is 89.3 cm³/mol. The Labute approximate surface area is 132 Å². The highest BCUT2D eigenvalue weighted by Gasteiger charge is 2.31. The highest BCUT2D eigenvalue weighted by Crippen LogP contribution is 2.33. The number of pyridine rings is 1. The van der Waals surface area contributed by atoms with E-state index in [0.29, 0.717) is 12.1 Å². The number of nitrogens with two attached hydrogens (primary N) is 1. The molecular formula is C14H16BrN3O2S. The van der Waals surface area contributed by atoms with E-state index in [4.69, 9.17) is 5.73 Å². The average molecular weight is 370 g/mol. The molecule has 1 fully saturated rings. The van der Waals surface area contributed by atoms with E-state index in [0.717, 1.165) is 21.1 Å². The second-order valence-electron chi connectivity index (χ2n) is 5.39. The van der Waals surface area contributed by atoms with E-state index in [9.17, 15) is 8.42 Å². The minimum Gasteiger partial charge on any atom is -0.398 e. The zero-order valence-electron chi connectivity index (χ0n) is 11.6. The summed E-state index contributed by atoms with van der Waals surface area (Å²) in [6.07, 6.45) is 2.38. The highest BCUT2D eigenvalue weighted by atomic mass is 79.9. The molecule has 2 aromatic rings. The summed E-state index contributed by atoms with van der Waals surface area (Å²) in [5, 5.41) is 0.870.